The quantitative estimate of drug-likeness (QED) is 0.740. The second kappa shape index (κ2) is 7.74. The van der Waals surface area contributed by atoms with E-state index in [1.165, 1.54) is 0 Å². The highest BCUT2D eigenvalue weighted by Crippen LogP contribution is 2.21. The number of anilines is 1. The summed E-state index contributed by atoms with van der Waals surface area (Å²) in [5.74, 6) is -0.679. The van der Waals surface area contributed by atoms with Gasteiger partial charge in [-0.1, -0.05) is 31.2 Å². The smallest absolute Gasteiger partial charge is 0.274 e. The predicted octanol–water partition coefficient (Wildman–Crippen LogP) is 3.41. The molecule has 2 heterocycles. The molecule has 0 bridgehead atoms. The minimum absolute atomic E-state index is 0.0449. The van der Waals surface area contributed by atoms with Gasteiger partial charge in [-0.3, -0.25) is 14.6 Å². The number of aromatic nitrogens is 2. The number of hydrogen-bond acceptors (Lipinski definition) is 4. The average Bonchev–Trinajstić information content (AvgIpc) is 2.68. The Labute approximate surface area is 151 Å². The van der Waals surface area contributed by atoms with Gasteiger partial charge >= 0.3 is 0 Å². The minimum Gasteiger partial charge on any atom is -0.348 e. The first-order chi connectivity index (χ1) is 12.6. The van der Waals surface area contributed by atoms with Crippen LogP contribution >= 0.6 is 0 Å². The van der Waals surface area contributed by atoms with Crippen molar-refractivity contribution in [1.82, 2.24) is 15.3 Å². The van der Waals surface area contributed by atoms with E-state index in [1.807, 2.05) is 38.1 Å². The Morgan fingerprint density at radius 3 is 2.46 bits per heavy atom. The fraction of sp³-hybridized carbons (Fsp3) is 0.200. The van der Waals surface area contributed by atoms with Crippen molar-refractivity contribution in [1.29, 1.82) is 0 Å². The zero-order valence-corrected chi connectivity index (χ0v) is 14.7. The van der Waals surface area contributed by atoms with E-state index in [-0.39, 0.29) is 29.2 Å². The number of nitrogens with zero attached hydrogens (tertiary/aromatic N) is 2. The number of carbonyl (C=O) groups excluding carboxylic acids is 2. The number of para-hydroxylation sites is 1. The summed E-state index contributed by atoms with van der Waals surface area (Å²) in [6, 6.07) is 14.2. The lowest BCUT2D eigenvalue weighted by Gasteiger charge is -2.11. The Morgan fingerprint density at radius 1 is 1.00 bits per heavy atom. The topological polar surface area (TPSA) is 84.0 Å². The van der Waals surface area contributed by atoms with Gasteiger partial charge in [-0.2, -0.15) is 0 Å². The summed E-state index contributed by atoms with van der Waals surface area (Å²) in [7, 11) is 0. The molecule has 0 spiro atoms. The average molecular weight is 348 g/mol. The maximum Gasteiger partial charge on any atom is 0.274 e. The summed E-state index contributed by atoms with van der Waals surface area (Å²) >= 11 is 0. The first-order valence-electron chi connectivity index (χ1n) is 8.51. The van der Waals surface area contributed by atoms with Crippen LogP contribution in [0.4, 0.5) is 5.69 Å². The van der Waals surface area contributed by atoms with E-state index in [9.17, 15) is 9.59 Å². The van der Waals surface area contributed by atoms with Crippen LogP contribution in [0.15, 0.2) is 54.7 Å². The molecular formula is C20H20N4O2. The molecule has 0 aliphatic rings. The Morgan fingerprint density at radius 2 is 1.69 bits per heavy atom. The Bertz CT molecular complexity index is 950. The number of rotatable bonds is 5. The Kier molecular flexibility index (Phi) is 5.22. The van der Waals surface area contributed by atoms with E-state index in [4.69, 9.17) is 0 Å². The van der Waals surface area contributed by atoms with Crippen LogP contribution < -0.4 is 10.6 Å². The number of amides is 2. The first-order valence-corrected chi connectivity index (χ1v) is 8.51. The molecule has 2 N–H and O–H groups in total. The van der Waals surface area contributed by atoms with Gasteiger partial charge in [0, 0.05) is 17.6 Å². The van der Waals surface area contributed by atoms with E-state index >= 15 is 0 Å². The molecule has 3 rings (SSSR count). The summed E-state index contributed by atoms with van der Waals surface area (Å²) in [4.78, 5) is 33.3. The highest BCUT2D eigenvalue weighted by atomic mass is 16.2. The summed E-state index contributed by atoms with van der Waals surface area (Å²) in [6.45, 7) is 3.91. The van der Waals surface area contributed by atoms with Crippen LogP contribution in [-0.2, 0) is 0 Å². The van der Waals surface area contributed by atoms with Crippen LogP contribution in [0.25, 0.3) is 10.9 Å². The molecule has 6 nitrogen and oxygen atoms in total. The predicted molar refractivity (Wildman–Crippen MR) is 101 cm³/mol. The highest BCUT2D eigenvalue weighted by molar-refractivity contribution is 6.07. The van der Waals surface area contributed by atoms with Gasteiger partial charge < -0.3 is 10.6 Å². The zero-order chi connectivity index (χ0) is 18.5. The molecular weight excluding hydrogens is 328 g/mol. The molecule has 0 aliphatic heterocycles. The number of carbonyl (C=O) groups is 2. The second-order valence-electron chi connectivity index (χ2n) is 6.03. The highest BCUT2D eigenvalue weighted by Gasteiger charge is 2.14. The molecule has 132 valence electrons. The van der Waals surface area contributed by atoms with E-state index < -0.39 is 0 Å². The van der Waals surface area contributed by atoms with Crippen LogP contribution in [-0.4, -0.2) is 27.8 Å². The monoisotopic (exact) mass is 348 g/mol. The fourth-order valence-electron chi connectivity index (χ4n) is 2.48. The summed E-state index contributed by atoms with van der Waals surface area (Å²) in [6.07, 6.45) is 2.50. The molecule has 1 atom stereocenters. The molecule has 0 radical (unpaired) electrons. The Hall–Kier alpha value is -3.28. The van der Waals surface area contributed by atoms with Gasteiger partial charge in [0.05, 0.1) is 11.2 Å². The molecule has 6 heteroatoms. The summed E-state index contributed by atoms with van der Waals surface area (Å²) in [5.41, 5.74) is 1.70. The van der Waals surface area contributed by atoms with Gasteiger partial charge in [-0.15, -0.1) is 0 Å². The molecule has 26 heavy (non-hydrogen) atoms. The third kappa shape index (κ3) is 3.85. The van der Waals surface area contributed by atoms with Gasteiger partial charge in [-0.05, 0) is 37.6 Å². The maximum absolute atomic E-state index is 12.6. The minimum atomic E-state index is -0.388. The van der Waals surface area contributed by atoms with Crippen molar-refractivity contribution < 1.29 is 9.59 Å². The molecule has 2 amide bonds. The second-order valence-corrected chi connectivity index (χ2v) is 6.03. The van der Waals surface area contributed by atoms with E-state index in [0.717, 1.165) is 11.8 Å². The van der Waals surface area contributed by atoms with Crippen LogP contribution in [0.3, 0.4) is 0 Å². The van der Waals surface area contributed by atoms with E-state index in [2.05, 4.69) is 20.6 Å². The fourth-order valence-corrected chi connectivity index (χ4v) is 2.48. The van der Waals surface area contributed by atoms with Crippen molar-refractivity contribution in [2.45, 2.75) is 26.3 Å². The summed E-state index contributed by atoms with van der Waals surface area (Å²) in [5, 5.41) is 6.60. The van der Waals surface area contributed by atoms with Crippen molar-refractivity contribution in [3.8, 4) is 0 Å². The van der Waals surface area contributed by atoms with Gasteiger partial charge in [-0.25, -0.2) is 4.98 Å². The normalized spacial score (nSPS) is 11.8. The molecule has 1 unspecified atom stereocenters. The molecule has 3 aromatic rings. The first kappa shape index (κ1) is 17.5. The third-order valence-electron chi connectivity index (χ3n) is 4.09. The summed E-state index contributed by atoms with van der Waals surface area (Å²) < 4.78 is 0. The van der Waals surface area contributed by atoms with Gasteiger partial charge in [0.1, 0.15) is 11.4 Å². The number of pyridine rings is 2. The molecule has 0 fully saturated rings. The Balaban J connectivity index is 1.82. The van der Waals surface area contributed by atoms with Crippen LogP contribution in [0, 0.1) is 0 Å². The van der Waals surface area contributed by atoms with Crippen LogP contribution in [0.2, 0.25) is 0 Å². The van der Waals surface area contributed by atoms with E-state index in [0.29, 0.717) is 11.2 Å². The van der Waals surface area contributed by atoms with Crippen molar-refractivity contribution in [3.05, 3.63) is 66.1 Å². The molecule has 0 saturated heterocycles. The standard InChI is InChI=1S/C20H20N4O2/c1-3-13(2)22-19(25)16-10-5-11-17(23-16)20(26)24-15-9-4-7-14-8-6-12-21-18(14)15/h4-13H,3H2,1-2H3,(H,22,25)(H,24,26). The maximum atomic E-state index is 12.6. The molecule has 1 aromatic carbocycles. The molecule has 0 aliphatic carbocycles. The number of hydrogen-bond donors (Lipinski definition) is 2. The SMILES string of the molecule is CCC(C)NC(=O)c1cccc(C(=O)Nc2cccc3cccnc23)n1. The van der Waals surface area contributed by atoms with Crippen molar-refractivity contribution in [3.63, 3.8) is 0 Å². The van der Waals surface area contributed by atoms with Gasteiger partial charge in [0.2, 0.25) is 0 Å². The molecule has 0 saturated carbocycles. The zero-order valence-electron chi connectivity index (χ0n) is 14.7. The van der Waals surface area contributed by atoms with Crippen LogP contribution in [0.1, 0.15) is 41.2 Å². The van der Waals surface area contributed by atoms with Crippen molar-refractivity contribution in [2.24, 2.45) is 0 Å². The van der Waals surface area contributed by atoms with Gasteiger partial charge in [0.15, 0.2) is 0 Å². The number of benzene rings is 1. The lowest BCUT2D eigenvalue weighted by molar-refractivity contribution is 0.0934. The third-order valence-corrected chi connectivity index (χ3v) is 4.09. The number of nitrogens with one attached hydrogen (secondary N) is 2. The number of fused-ring (bicyclic) bond motifs is 1. The lowest BCUT2D eigenvalue weighted by atomic mass is 10.2. The largest absolute Gasteiger partial charge is 0.348 e. The van der Waals surface area contributed by atoms with E-state index in [1.54, 1.807) is 30.5 Å². The van der Waals surface area contributed by atoms with Crippen molar-refractivity contribution in [2.75, 3.05) is 5.32 Å². The van der Waals surface area contributed by atoms with Gasteiger partial charge in [0.25, 0.3) is 11.8 Å². The van der Waals surface area contributed by atoms with Crippen molar-refractivity contribution >= 4 is 28.4 Å². The lowest BCUT2D eigenvalue weighted by Crippen LogP contribution is -2.32. The molecule has 2 aromatic heterocycles. The van der Waals surface area contributed by atoms with Crippen LogP contribution in [0.5, 0.6) is 0 Å².